The van der Waals surface area contributed by atoms with Crippen molar-refractivity contribution in [1.29, 1.82) is 0 Å². The van der Waals surface area contributed by atoms with Gasteiger partial charge in [-0.2, -0.15) is 5.10 Å². The van der Waals surface area contributed by atoms with Crippen molar-refractivity contribution >= 4 is 33.7 Å². The first-order chi connectivity index (χ1) is 13.2. The van der Waals surface area contributed by atoms with Gasteiger partial charge in [-0.05, 0) is 29.8 Å². The van der Waals surface area contributed by atoms with Gasteiger partial charge in [0.2, 0.25) is 5.13 Å². The number of aromatic nitrogens is 1. The van der Waals surface area contributed by atoms with Crippen LogP contribution in [0.5, 0.6) is 5.75 Å². The minimum absolute atomic E-state index is 0.412. The Bertz CT molecular complexity index is 1180. The predicted octanol–water partition coefficient (Wildman–Crippen LogP) is 4.37. The lowest BCUT2D eigenvalue weighted by Gasteiger charge is -2.00. The van der Waals surface area contributed by atoms with Crippen LogP contribution in [-0.4, -0.2) is 18.3 Å². The van der Waals surface area contributed by atoms with Crippen LogP contribution in [0.25, 0.3) is 22.2 Å². The summed E-state index contributed by atoms with van der Waals surface area (Å²) in [5.41, 5.74) is 4.90. The van der Waals surface area contributed by atoms with E-state index in [-0.39, 0.29) is 0 Å². The average Bonchev–Trinajstić information content (AvgIpc) is 3.16. The number of thiazole rings is 1. The molecule has 134 valence electrons. The number of methoxy groups -OCH3 is 1. The number of anilines is 1. The van der Waals surface area contributed by atoms with Crippen molar-refractivity contribution in [3.05, 3.63) is 76.0 Å². The van der Waals surface area contributed by atoms with Gasteiger partial charge in [0.25, 0.3) is 0 Å². The Balaban J connectivity index is 1.54. The number of rotatable bonds is 5. The monoisotopic (exact) mass is 377 g/mol. The minimum Gasteiger partial charge on any atom is -0.497 e. The number of benzene rings is 2. The molecule has 6 nitrogen and oxygen atoms in total. The first-order valence-electron chi connectivity index (χ1n) is 8.15. The van der Waals surface area contributed by atoms with E-state index in [1.54, 1.807) is 30.8 Å². The molecule has 0 aliphatic heterocycles. The van der Waals surface area contributed by atoms with Crippen molar-refractivity contribution in [2.45, 2.75) is 0 Å². The normalized spacial score (nSPS) is 11.1. The van der Waals surface area contributed by atoms with Gasteiger partial charge in [-0.1, -0.05) is 30.3 Å². The summed E-state index contributed by atoms with van der Waals surface area (Å²) < 4.78 is 10.5. The van der Waals surface area contributed by atoms with Gasteiger partial charge < -0.3 is 9.15 Å². The van der Waals surface area contributed by atoms with Gasteiger partial charge in [0.05, 0.1) is 24.6 Å². The summed E-state index contributed by atoms with van der Waals surface area (Å²) in [6.45, 7) is 0. The van der Waals surface area contributed by atoms with E-state index in [9.17, 15) is 4.79 Å². The number of hydrogen-bond donors (Lipinski definition) is 1. The Hall–Kier alpha value is -3.45. The number of nitrogens with zero attached hydrogens (tertiary/aromatic N) is 2. The Morgan fingerprint density at radius 1 is 1.19 bits per heavy atom. The van der Waals surface area contributed by atoms with E-state index in [2.05, 4.69) is 15.5 Å². The Morgan fingerprint density at radius 2 is 2.07 bits per heavy atom. The molecule has 4 aromatic rings. The molecule has 4 rings (SSSR count). The van der Waals surface area contributed by atoms with Gasteiger partial charge in [0.1, 0.15) is 11.3 Å². The fourth-order valence-electron chi connectivity index (χ4n) is 2.57. The molecule has 0 saturated heterocycles. The van der Waals surface area contributed by atoms with Crippen molar-refractivity contribution in [3.63, 3.8) is 0 Å². The van der Waals surface area contributed by atoms with E-state index < -0.39 is 5.63 Å². The molecule has 1 N–H and O–H groups in total. The molecule has 0 amide bonds. The molecule has 2 aromatic heterocycles. The van der Waals surface area contributed by atoms with Crippen LogP contribution in [0.2, 0.25) is 0 Å². The number of hydrogen-bond acceptors (Lipinski definition) is 7. The summed E-state index contributed by atoms with van der Waals surface area (Å²) in [6.07, 6.45) is 1.67. The third kappa shape index (κ3) is 3.73. The summed E-state index contributed by atoms with van der Waals surface area (Å²) in [6, 6.07) is 16.7. The maximum atomic E-state index is 12.2. The van der Waals surface area contributed by atoms with Crippen LogP contribution in [0.4, 0.5) is 5.13 Å². The molecular formula is C20H15N3O3S. The molecule has 0 aliphatic rings. The Kier molecular flexibility index (Phi) is 4.67. The highest BCUT2D eigenvalue weighted by molar-refractivity contribution is 7.14. The van der Waals surface area contributed by atoms with E-state index in [0.717, 1.165) is 16.7 Å². The Labute approximate surface area is 158 Å². The highest BCUT2D eigenvalue weighted by Crippen LogP contribution is 2.25. The molecule has 2 heterocycles. The molecule has 0 aliphatic carbocycles. The average molecular weight is 377 g/mol. The van der Waals surface area contributed by atoms with Crippen LogP contribution >= 0.6 is 11.3 Å². The van der Waals surface area contributed by atoms with Gasteiger partial charge in [0.15, 0.2) is 0 Å². The van der Waals surface area contributed by atoms with Gasteiger partial charge in [-0.3, -0.25) is 5.43 Å². The second-order valence-corrected chi connectivity index (χ2v) is 6.53. The van der Waals surface area contributed by atoms with Crippen LogP contribution in [-0.2, 0) is 0 Å². The quantitative estimate of drug-likeness (QED) is 0.317. The largest absolute Gasteiger partial charge is 0.497 e. The summed E-state index contributed by atoms with van der Waals surface area (Å²) in [5, 5.41) is 7.41. The second kappa shape index (κ2) is 7.43. The summed E-state index contributed by atoms with van der Waals surface area (Å²) in [5.74, 6) is 0.763. The van der Waals surface area contributed by atoms with E-state index in [0.29, 0.717) is 22.0 Å². The molecule has 7 heteroatoms. The molecule has 0 bridgehead atoms. The third-order valence-electron chi connectivity index (χ3n) is 3.89. The molecule has 0 unspecified atom stereocenters. The van der Waals surface area contributed by atoms with Crippen molar-refractivity contribution in [3.8, 4) is 17.0 Å². The van der Waals surface area contributed by atoms with Crippen molar-refractivity contribution in [2.75, 3.05) is 12.5 Å². The lowest BCUT2D eigenvalue weighted by Crippen LogP contribution is -2.02. The van der Waals surface area contributed by atoms with Crippen molar-refractivity contribution in [1.82, 2.24) is 4.98 Å². The standard InChI is InChI=1S/C20H15N3O3S/c1-25-15-7-4-5-13(9-15)11-21-23-20-22-17(12-27-20)16-10-14-6-2-3-8-18(14)26-19(16)24/h2-12H,1H3,(H,22,23)/b21-11+. The van der Waals surface area contributed by atoms with E-state index in [4.69, 9.17) is 9.15 Å². The maximum absolute atomic E-state index is 12.2. The van der Waals surface area contributed by atoms with Crippen LogP contribution in [0, 0.1) is 0 Å². The van der Waals surface area contributed by atoms with Crippen LogP contribution in [0.3, 0.4) is 0 Å². The number of para-hydroxylation sites is 1. The number of fused-ring (bicyclic) bond motifs is 1. The van der Waals surface area contributed by atoms with E-state index >= 15 is 0 Å². The smallest absolute Gasteiger partial charge is 0.345 e. The number of ether oxygens (including phenoxy) is 1. The van der Waals surface area contributed by atoms with E-state index in [1.165, 1.54) is 11.3 Å². The fourth-order valence-corrected chi connectivity index (χ4v) is 3.23. The molecular weight excluding hydrogens is 362 g/mol. The first kappa shape index (κ1) is 17.0. The topological polar surface area (TPSA) is 76.7 Å². The molecule has 0 radical (unpaired) electrons. The number of hydrazone groups is 1. The fraction of sp³-hybridized carbons (Fsp3) is 0.0500. The van der Waals surface area contributed by atoms with Gasteiger partial charge >= 0.3 is 5.63 Å². The third-order valence-corrected chi connectivity index (χ3v) is 4.64. The highest BCUT2D eigenvalue weighted by Gasteiger charge is 2.11. The molecule has 27 heavy (non-hydrogen) atoms. The van der Waals surface area contributed by atoms with Gasteiger partial charge in [-0.25, -0.2) is 9.78 Å². The lowest BCUT2D eigenvalue weighted by atomic mass is 10.1. The van der Waals surface area contributed by atoms with E-state index in [1.807, 2.05) is 42.5 Å². The lowest BCUT2D eigenvalue weighted by molar-refractivity contribution is 0.415. The zero-order valence-corrected chi connectivity index (χ0v) is 15.2. The summed E-state index contributed by atoms with van der Waals surface area (Å²) >= 11 is 1.36. The van der Waals surface area contributed by atoms with Crippen LogP contribution in [0.15, 0.2) is 74.3 Å². The predicted molar refractivity (Wildman–Crippen MR) is 108 cm³/mol. The maximum Gasteiger partial charge on any atom is 0.345 e. The molecule has 0 fully saturated rings. The Morgan fingerprint density at radius 3 is 2.96 bits per heavy atom. The van der Waals surface area contributed by atoms with Crippen LogP contribution < -0.4 is 15.8 Å². The number of nitrogens with one attached hydrogen (secondary N) is 1. The second-order valence-electron chi connectivity index (χ2n) is 5.67. The molecule has 2 aromatic carbocycles. The van der Waals surface area contributed by atoms with Gasteiger partial charge in [-0.15, -0.1) is 11.3 Å². The van der Waals surface area contributed by atoms with Crippen molar-refractivity contribution < 1.29 is 9.15 Å². The van der Waals surface area contributed by atoms with Crippen LogP contribution in [0.1, 0.15) is 5.56 Å². The molecule has 0 atom stereocenters. The van der Waals surface area contributed by atoms with Crippen molar-refractivity contribution in [2.24, 2.45) is 5.10 Å². The first-order valence-corrected chi connectivity index (χ1v) is 9.03. The SMILES string of the molecule is COc1cccc(/C=N/Nc2nc(-c3cc4ccccc4oc3=O)cs2)c1. The molecule has 0 saturated carbocycles. The summed E-state index contributed by atoms with van der Waals surface area (Å²) in [4.78, 5) is 16.7. The highest BCUT2D eigenvalue weighted by atomic mass is 32.1. The summed E-state index contributed by atoms with van der Waals surface area (Å²) in [7, 11) is 1.62. The molecule has 0 spiro atoms. The minimum atomic E-state index is -0.412. The zero-order chi connectivity index (χ0) is 18.6. The van der Waals surface area contributed by atoms with Gasteiger partial charge in [0, 0.05) is 10.8 Å². The zero-order valence-electron chi connectivity index (χ0n) is 14.4.